The van der Waals surface area contributed by atoms with E-state index in [9.17, 15) is 4.79 Å². The van der Waals surface area contributed by atoms with Gasteiger partial charge in [0.15, 0.2) is 6.79 Å². The van der Waals surface area contributed by atoms with Crippen LogP contribution in [0, 0.1) is 5.92 Å². The number of hydrogen-bond donors (Lipinski definition) is 0. The molecule has 0 aliphatic heterocycles. The number of ether oxygens (including phenoxy) is 1. The van der Waals surface area contributed by atoms with Crippen LogP contribution in [0.4, 0.5) is 0 Å². The molecule has 0 aromatic carbocycles. The largest absolute Gasteiger partial charge is 0.503 e. The zero-order valence-electron chi connectivity index (χ0n) is 11.7. The molecule has 6 heteroatoms. The van der Waals surface area contributed by atoms with E-state index in [2.05, 4.69) is 20.4 Å². The van der Waals surface area contributed by atoms with Gasteiger partial charge in [-0.15, -0.1) is 0 Å². The lowest BCUT2D eigenvalue weighted by molar-refractivity contribution is -0.146. The van der Waals surface area contributed by atoms with Gasteiger partial charge >= 0.3 is 14.8 Å². The van der Waals surface area contributed by atoms with E-state index in [0.717, 1.165) is 18.9 Å². The molecule has 0 aromatic heterocycles. The van der Waals surface area contributed by atoms with Gasteiger partial charge in [0.1, 0.15) is 0 Å². The molecular weight excluding hydrogens is 252 g/mol. The van der Waals surface area contributed by atoms with Crippen LogP contribution >= 0.6 is 0 Å². The first-order chi connectivity index (χ1) is 8.53. The van der Waals surface area contributed by atoms with Crippen LogP contribution < -0.4 is 0 Å². The second-order valence-electron chi connectivity index (χ2n) is 4.12. The van der Waals surface area contributed by atoms with E-state index in [1.54, 1.807) is 14.2 Å². The Hall–Kier alpha value is -0.693. The van der Waals surface area contributed by atoms with Crippen molar-refractivity contribution < 1.29 is 22.8 Å². The van der Waals surface area contributed by atoms with Crippen molar-refractivity contribution in [3.63, 3.8) is 0 Å². The van der Waals surface area contributed by atoms with Crippen molar-refractivity contribution in [3.8, 4) is 0 Å². The summed E-state index contributed by atoms with van der Waals surface area (Å²) in [4.78, 5) is 10.9. The second kappa shape index (κ2) is 9.27. The van der Waals surface area contributed by atoms with Gasteiger partial charge in [-0.25, -0.2) is 4.79 Å². The van der Waals surface area contributed by atoms with Crippen molar-refractivity contribution in [3.05, 3.63) is 12.7 Å². The Labute approximate surface area is 110 Å². The molecular formula is C12H24O5Si. The highest BCUT2D eigenvalue weighted by Crippen LogP contribution is 2.23. The summed E-state index contributed by atoms with van der Waals surface area (Å²) in [6.07, 6.45) is 3.27. The van der Waals surface area contributed by atoms with Crippen LogP contribution in [0.1, 0.15) is 26.7 Å². The van der Waals surface area contributed by atoms with E-state index >= 15 is 0 Å². The van der Waals surface area contributed by atoms with E-state index in [1.807, 2.05) is 0 Å². The maximum atomic E-state index is 10.9. The van der Waals surface area contributed by atoms with Crippen LogP contribution in [0.5, 0.6) is 0 Å². The summed E-state index contributed by atoms with van der Waals surface area (Å²) in [7, 11) is 0.384. The van der Waals surface area contributed by atoms with Gasteiger partial charge in [-0.2, -0.15) is 0 Å². The topological polar surface area (TPSA) is 54.0 Å². The molecule has 0 rings (SSSR count). The molecule has 0 heterocycles. The fraction of sp³-hybridized carbons (Fsp3) is 0.750. The third-order valence-electron chi connectivity index (χ3n) is 2.65. The lowest BCUT2D eigenvalue weighted by atomic mass is 10.1. The maximum Gasteiger partial charge on any atom is 0.503 e. The van der Waals surface area contributed by atoms with Gasteiger partial charge < -0.3 is 18.0 Å². The summed E-state index contributed by atoms with van der Waals surface area (Å²) in [5.74, 6) is -0.0802. The molecule has 0 amide bonds. The molecule has 106 valence electrons. The molecule has 0 aliphatic rings. The van der Waals surface area contributed by atoms with Gasteiger partial charge in [0.25, 0.3) is 0 Å². The van der Waals surface area contributed by atoms with Gasteiger partial charge in [-0.1, -0.05) is 33.3 Å². The van der Waals surface area contributed by atoms with E-state index in [0.29, 0.717) is 12.0 Å². The molecule has 0 bridgehead atoms. The summed E-state index contributed by atoms with van der Waals surface area (Å²) in [5.41, 5.74) is 0. The average molecular weight is 276 g/mol. The molecule has 0 N–H and O–H groups in total. The molecule has 0 aromatic rings. The minimum absolute atomic E-state index is 0.169. The highest BCUT2D eigenvalue weighted by molar-refractivity contribution is 6.60. The number of carbonyl (C=O) groups excluding carboxylic acids is 1. The summed E-state index contributed by atoms with van der Waals surface area (Å²) >= 11 is 0. The number of carbonyl (C=O) groups is 1. The predicted octanol–water partition coefficient (Wildman–Crippen LogP) is 2.36. The molecule has 0 saturated carbocycles. The first kappa shape index (κ1) is 17.3. The van der Waals surface area contributed by atoms with Crippen molar-refractivity contribution in [1.82, 2.24) is 0 Å². The van der Waals surface area contributed by atoms with Crippen LogP contribution in [0.25, 0.3) is 0 Å². The lowest BCUT2D eigenvalue weighted by Crippen LogP contribution is -2.45. The van der Waals surface area contributed by atoms with Crippen LogP contribution in [0.15, 0.2) is 12.7 Å². The Morgan fingerprint density at radius 2 is 2.00 bits per heavy atom. The smallest absolute Gasteiger partial charge is 0.436 e. The third-order valence-corrected chi connectivity index (χ3v) is 5.65. The standard InChI is InChI=1S/C12H24O5Si/c1-6-8-11(3)9-18(14-4,15-5)17-10-16-12(13)7-2/h7,11H,2,6,8-10H2,1,3-5H3. The minimum atomic E-state index is -2.73. The zero-order chi connectivity index (χ0) is 14.0. The molecule has 18 heavy (non-hydrogen) atoms. The lowest BCUT2D eigenvalue weighted by Gasteiger charge is -2.28. The number of hydrogen-bond acceptors (Lipinski definition) is 5. The predicted molar refractivity (Wildman–Crippen MR) is 70.9 cm³/mol. The van der Waals surface area contributed by atoms with Crippen molar-refractivity contribution in [2.45, 2.75) is 32.7 Å². The Bertz CT molecular complexity index is 253. The fourth-order valence-electron chi connectivity index (χ4n) is 1.68. The minimum Gasteiger partial charge on any atom is -0.436 e. The molecule has 5 nitrogen and oxygen atoms in total. The van der Waals surface area contributed by atoms with E-state index in [4.69, 9.17) is 18.0 Å². The summed E-state index contributed by atoms with van der Waals surface area (Å²) in [6, 6.07) is 0.708. The Morgan fingerprint density at radius 1 is 1.39 bits per heavy atom. The highest BCUT2D eigenvalue weighted by Gasteiger charge is 2.40. The van der Waals surface area contributed by atoms with E-state index in [-0.39, 0.29) is 6.79 Å². The van der Waals surface area contributed by atoms with Gasteiger partial charge in [0.2, 0.25) is 0 Å². The molecule has 0 spiro atoms. The van der Waals surface area contributed by atoms with Gasteiger partial charge in [-0.3, -0.25) is 0 Å². The molecule has 0 aliphatic carbocycles. The third kappa shape index (κ3) is 6.30. The molecule has 1 atom stereocenters. The normalized spacial score (nSPS) is 13.1. The highest BCUT2D eigenvalue weighted by atomic mass is 28.4. The molecule has 0 fully saturated rings. The molecule has 0 radical (unpaired) electrons. The van der Waals surface area contributed by atoms with Crippen molar-refractivity contribution >= 4 is 14.8 Å². The fourth-order valence-corrected chi connectivity index (χ4v) is 3.83. The van der Waals surface area contributed by atoms with Crippen molar-refractivity contribution in [2.24, 2.45) is 5.92 Å². The first-order valence-electron chi connectivity index (χ1n) is 6.07. The van der Waals surface area contributed by atoms with Crippen LogP contribution in [0.3, 0.4) is 0 Å². The van der Waals surface area contributed by atoms with Crippen molar-refractivity contribution in [1.29, 1.82) is 0 Å². The van der Waals surface area contributed by atoms with Gasteiger partial charge in [0.05, 0.1) is 0 Å². The van der Waals surface area contributed by atoms with Crippen LogP contribution in [0.2, 0.25) is 6.04 Å². The Morgan fingerprint density at radius 3 is 2.44 bits per heavy atom. The number of rotatable bonds is 10. The average Bonchev–Trinajstić information content (AvgIpc) is 2.37. The summed E-state index contributed by atoms with van der Waals surface area (Å²) < 4.78 is 21.1. The Balaban J connectivity index is 4.32. The maximum absolute atomic E-state index is 10.9. The monoisotopic (exact) mass is 276 g/mol. The van der Waals surface area contributed by atoms with E-state index < -0.39 is 14.8 Å². The number of esters is 1. The molecule has 1 unspecified atom stereocenters. The second-order valence-corrected chi connectivity index (χ2v) is 7.00. The quantitative estimate of drug-likeness (QED) is 0.265. The van der Waals surface area contributed by atoms with Crippen LogP contribution in [-0.4, -0.2) is 35.8 Å². The van der Waals surface area contributed by atoms with Crippen LogP contribution in [-0.2, 0) is 22.8 Å². The first-order valence-corrected chi connectivity index (χ1v) is 8.00. The van der Waals surface area contributed by atoms with Gasteiger partial charge in [-0.05, 0) is 5.92 Å². The summed E-state index contributed by atoms with van der Waals surface area (Å²) in [6.45, 7) is 7.40. The molecule has 0 saturated heterocycles. The summed E-state index contributed by atoms with van der Waals surface area (Å²) in [5, 5.41) is 0. The zero-order valence-corrected chi connectivity index (χ0v) is 12.7. The SMILES string of the molecule is C=CC(=O)OCO[Si](CC(C)CCC)(OC)OC. The Kier molecular flexibility index (Phi) is 8.91. The van der Waals surface area contributed by atoms with Gasteiger partial charge in [0, 0.05) is 26.3 Å². The van der Waals surface area contributed by atoms with E-state index in [1.165, 1.54) is 0 Å². The van der Waals surface area contributed by atoms with Crippen molar-refractivity contribution in [2.75, 3.05) is 21.0 Å².